The van der Waals surface area contributed by atoms with E-state index in [1.165, 1.54) is 0 Å². The normalized spacial score (nSPS) is 29.2. The third-order valence-electron chi connectivity index (χ3n) is 4.64. The van der Waals surface area contributed by atoms with Crippen molar-refractivity contribution in [3.63, 3.8) is 0 Å². The predicted molar refractivity (Wildman–Crippen MR) is 93.5 cm³/mol. The maximum atomic E-state index is 15.1. The maximum Gasteiger partial charge on any atom is 0.410 e. The van der Waals surface area contributed by atoms with Crippen molar-refractivity contribution in [2.24, 2.45) is 0 Å². The number of nitrogens with zero attached hydrogens (tertiary/aromatic N) is 3. The van der Waals surface area contributed by atoms with Crippen LogP contribution in [0.4, 0.5) is 15.0 Å². The molecule has 6 nitrogen and oxygen atoms in total. The van der Waals surface area contributed by atoms with E-state index in [0.717, 1.165) is 12.8 Å². The minimum atomic E-state index is -1.19. The highest BCUT2D eigenvalue weighted by Gasteiger charge is 2.48. The monoisotopic (exact) mass is 370 g/mol. The first kappa shape index (κ1) is 18.2. The molecule has 0 aliphatic carbocycles. The van der Waals surface area contributed by atoms with Gasteiger partial charge in [0.05, 0.1) is 12.1 Å². The van der Waals surface area contributed by atoms with Crippen LogP contribution in [0.3, 0.4) is 0 Å². The number of alkyl halides is 1. The van der Waals surface area contributed by atoms with Crippen LogP contribution in [0.25, 0.3) is 0 Å². The van der Waals surface area contributed by atoms with Gasteiger partial charge < -0.3 is 10.1 Å². The number of halogens is 2. The van der Waals surface area contributed by atoms with E-state index in [1.807, 2.05) is 20.8 Å². The Morgan fingerprint density at radius 3 is 2.76 bits per heavy atom. The van der Waals surface area contributed by atoms with Gasteiger partial charge in [-0.1, -0.05) is 11.6 Å². The largest absolute Gasteiger partial charge is 0.444 e. The molecule has 2 aliphatic rings. The van der Waals surface area contributed by atoms with Crippen molar-refractivity contribution >= 4 is 23.5 Å². The number of nitrogens with one attached hydrogen (secondary N) is 1. The fourth-order valence-corrected chi connectivity index (χ4v) is 3.77. The number of amides is 1. The Morgan fingerprint density at radius 2 is 2.12 bits per heavy atom. The summed E-state index contributed by atoms with van der Waals surface area (Å²) in [6.07, 6.45) is 1.31. The molecule has 138 valence electrons. The van der Waals surface area contributed by atoms with E-state index in [9.17, 15) is 4.79 Å². The first-order valence-electron chi connectivity index (χ1n) is 8.66. The van der Waals surface area contributed by atoms with Crippen LogP contribution in [-0.2, 0) is 4.74 Å². The summed E-state index contributed by atoms with van der Waals surface area (Å²) in [7, 11) is 0. The molecule has 3 rings (SSSR count). The van der Waals surface area contributed by atoms with Crippen LogP contribution in [0, 0.1) is 0 Å². The molecule has 2 fully saturated rings. The molecule has 1 aromatic rings. The van der Waals surface area contributed by atoms with Gasteiger partial charge in [0.15, 0.2) is 5.15 Å². The van der Waals surface area contributed by atoms with Gasteiger partial charge in [-0.2, -0.15) is 0 Å². The quantitative estimate of drug-likeness (QED) is 0.857. The predicted octanol–water partition coefficient (Wildman–Crippen LogP) is 3.81. The van der Waals surface area contributed by atoms with Crippen LogP contribution in [0.5, 0.6) is 0 Å². The number of piperidine rings is 2. The molecule has 1 amide bonds. The van der Waals surface area contributed by atoms with E-state index < -0.39 is 29.9 Å². The first-order chi connectivity index (χ1) is 11.7. The zero-order valence-electron chi connectivity index (χ0n) is 14.7. The van der Waals surface area contributed by atoms with Crippen LogP contribution in [0.2, 0.25) is 5.15 Å². The lowest BCUT2D eigenvalue weighted by molar-refractivity contribution is -0.0439. The standard InChI is InChI=1S/C17H24ClFN4O2/c1-17(2,3)25-16(24)23-10-5-4-6-12(23)15(19)11(9-10)20-14-8-7-13(18)21-22-14/h7-8,10-12,15H,4-6,9H2,1-3H3,(H,20,22)/t10-,11-,12+,15-/m1/s1. The Labute approximate surface area is 152 Å². The van der Waals surface area contributed by atoms with E-state index in [4.69, 9.17) is 16.3 Å². The van der Waals surface area contributed by atoms with Crippen LogP contribution >= 0.6 is 11.6 Å². The smallest absolute Gasteiger partial charge is 0.410 e. The second kappa shape index (κ2) is 6.94. The summed E-state index contributed by atoms with van der Waals surface area (Å²) in [5.41, 5.74) is -0.592. The van der Waals surface area contributed by atoms with Gasteiger partial charge in [-0.3, -0.25) is 4.90 Å². The van der Waals surface area contributed by atoms with Gasteiger partial charge in [-0.05, 0) is 58.6 Å². The minimum Gasteiger partial charge on any atom is -0.444 e. The molecular formula is C17H24ClFN4O2. The van der Waals surface area contributed by atoms with Crippen molar-refractivity contribution in [2.45, 2.75) is 76.4 Å². The third-order valence-corrected chi connectivity index (χ3v) is 4.84. The van der Waals surface area contributed by atoms with Gasteiger partial charge in [0.2, 0.25) is 0 Å². The zero-order valence-corrected chi connectivity index (χ0v) is 15.5. The number of hydrogen-bond donors (Lipinski definition) is 1. The Bertz CT molecular complexity index is 622. The minimum absolute atomic E-state index is 0.0293. The fraction of sp³-hybridized carbons (Fsp3) is 0.706. The highest BCUT2D eigenvalue weighted by atomic mass is 35.5. The van der Waals surface area contributed by atoms with E-state index in [1.54, 1.807) is 17.0 Å². The molecule has 0 saturated carbocycles. The third kappa shape index (κ3) is 4.14. The van der Waals surface area contributed by atoms with Crippen LogP contribution in [-0.4, -0.2) is 51.1 Å². The van der Waals surface area contributed by atoms with Gasteiger partial charge in [-0.15, -0.1) is 10.2 Å². The van der Waals surface area contributed by atoms with Crippen molar-refractivity contribution in [3.05, 3.63) is 17.3 Å². The summed E-state index contributed by atoms with van der Waals surface area (Å²) in [4.78, 5) is 14.2. The van der Waals surface area contributed by atoms with E-state index in [-0.39, 0.29) is 6.04 Å². The number of anilines is 1. The molecule has 25 heavy (non-hydrogen) atoms. The fourth-order valence-electron chi connectivity index (χ4n) is 3.67. The summed E-state index contributed by atoms with van der Waals surface area (Å²) in [5, 5.41) is 11.1. The molecule has 1 aromatic heterocycles. The second-order valence-corrected chi connectivity index (χ2v) is 8.10. The van der Waals surface area contributed by atoms with Gasteiger partial charge in [0, 0.05) is 6.04 Å². The lowest BCUT2D eigenvalue weighted by Crippen LogP contribution is -2.63. The highest BCUT2D eigenvalue weighted by Crippen LogP contribution is 2.37. The molecule has 0 radical (unpaired) electrons. The number of rotatable bonds is 2. The van der Waals surface area contributed by atoms with E-state index >= 15 is 4.39 Å². The lowest BCUT2D eigenvalue weighted by atomic mass is 9.80. The van der Waals surface area contributed by atoms with Crippen molar-refractivity contribution < 1.29 is 13.9 Å². The van der Waals surface area contributed by atoms with Crippen LogP contribution in [0.1, 0.15) is 46.5 Å². The average Bonchev–Trinajstić information content (AvgIpc) is 2.52. The summed E-state index contributed by atoms with van der Waals surface area (Å²) in [6, 6.07) is 2.38. The molecule has 3 heterocycles. The van der Waals surface area contributed by atoms with Crippen molar-refractivity contribution in [2.75, 3.05) is 5.32 Å². The van der Waals surface area contributed by atoms with Gasteiger partial charge in [0.1, 0.15) is 17.6 Å². The second-order valence-electron chi connectivity index (χ2n) is 7.71. The molecule has 2 aliphatic heterocycles. The first-order valence-corrected chi connectivity index (χ1v) is 9.03. The average molecular weight is 371 g/mol. The van der Waals surface area contributed by atoms with E-state index in [0.29, 0.717) is 23.8 Å². The number of carbonyl (C=O) groups excluding carboxylic acids is 1. The molecule has 0 unspecified atom stereocenters. The Kier molecular flexibility index (Phi) is 5.04. The maximum absolute atomic E-state index is 15.1. The van der Waals surface area contributed by atoms with Gasteiger partial charge in [0.25, 0.3) is 0 Å². The number of ether oxygens (including phenoxy) is 1. The molecular weight excluding hydrogens is 347 g/mol. The Hall–Kier alpha value is -1.63. The number of carbonyl (C=O) groups is 1. The summed E-state index contributed by atoms with van der Waals surface area (Å²) < 4.78 is 20.6. The topological polar surface area (TPSA) is 67.3 Å². The summed E-state index contributed by atoms with van der Waals surface area (Å²) >= 11 is 5.73. The van der Waals surface area contributed by atoms with Crippen LogP contribution < -0.4 is 5.32 Å². The van der Waals surface area contributed by atoms with Crippen LogP contribution in [0.15, 0.2) is 12.1 Å². The molecule has 0 aromatic carbocycles. The number of fused-ring (bicyclic) bond motifs is 2. The van der Waals surface area contributed by atoms with Crippen molar-refractivity contribution in [1.29, 1.82) is 0 Å². The summed E-state index contributed by atoms with van der Waals surface area (Å²) in [6.45, 7) is 5.46. The lowest BCUT2D eigenvalue weighted by Gasteiger charge is -2.50. The molecule has 0 spiro atoms. The van der Waals surface area contributed by atoms with Crippen molar-refractivity contribution in [1.82, 2.24) is 15.1 Å². The van der Waals surface area contributed by atoms with Crippen molar-refractivity contribution in [3.8, 4) is 0 Å². The Morgan fingerprint density at radius 1 is 1.36 bits per heavy atom. The molecule has 8 heteroatoms. The van der Waals surface area contributed by atoms with Gasteiger partial charge in [-0.25, -0.2) is 9.18 Å². The number of aromatic nitrogens is 2. The SMILES string of the molecule is CC(C)(C)OC(=O)N1[C@@H]2CCC[C@H]1[C@H](F)[C@H](Nc1ccc(Cl)nn1)C2. The summed E-state index contributed by atoms with van der Waals surface area (Å²) in [5.74, 6) is 0.487. The van der Waals surface area contributed by atoms with Gasteiger partial charge >= 0.3 is 6.09 Å². The molecule has 2 bridgehead atoms. The van der Waals surface area contributed by atoms with E-state index in [2.05, 4.69) is 15.5 Å². The molecule has 1 N–H and O–H groups in total. The zero-order chi connectivity index (χ0) is 18.2. The molecule has 2 saturated heterocycles. The molecule has 4 atom stereocenters. The Balaban J connectivity index is 1.74. The number of hydrogen-bond acceptors (Lipinski definition) is 5. The highest BCUT2D eigenvalue weighted by molar-refractivity contribution is 6.29.